The zero-order valence-electron chi connectivity index (χ0n) is 11.3. The van der Waals surface area contributed by atoms with Crippen molar-refractivity contribution in [1.29, 1.82) is 0 Å². The lowest BCUT2D eigenvalue weighted by Gasteiger charge is -2.09. The highest BCUT2D eigenvalue weighted by Gasteiger charge is 2.14. The Kier molecular flexibility index (Phi) is 3.83. The van der Waals surface area contributed by atoms with E-state index in [-0.39, 0.29) is 6.04 Å². The predicted octanol–water partition coefficient (Wildman–Crippen LogP) is 3.96. The fraction of sp³-hybridized carbons (Fsp3) is 0.133. The van der Waals surface area contributed by atoms with E-state index in [0.717, 1.165) is 11.3 Å². The lowest BCUT2D eigenvalue weighted by atomic mass is 10.2. The summed E-state index contributed by atoms with van der Waals surface area (Å²) in [4.78, 5) is 12.5. The van der Waals surface area contributed by atoms with Crippen molar-refractivity contribution in [3.05, 3.63) is 59.8 Å². The Bertz CT molecular complexity index is 712. The third kappa shape index (κ3) is 3.20. The molecule has 0 amide bonds. The molecule has 5 nitrogen and oxygen atoms in total. The van der Waals surface area contributed by atoms with Gasteiger partial charge in [-0.05, 0) is 6.92 Å². The van der Waals surface area contributed by atoms with Gasteiger partial charge in [0.2, 0.25) is 11.8 Å². The number of anilines is 1. The summed E-state index contributed by atoms with van der Waals surface area (Å²) in [5.41, 5.74) is 0.992. The van der Waals surface area contributed by atoms with Gasteiger partial charge < -0.3 is 9.73 Å². The Labute approximate surface area is 127 Å². The van der Waals surface area contributed by atoms with Crippen LogP contribution in [0.4, 0.5) is 5.95 Å². The van der Waals surface area contributed by atoms with Gasteiger partial charge in [-0.25, -0.2) is 15.0 Å². The van der Waals surface area contributed by atoms with Crippen LogP contribution in [0.1, 0.15) is 18.9 Å². The third-order valence-electron chi connectivity index (χ3n) is 2.92. The van der Waals surface area contributed by atoms with Crippen LogP contribution in [0.2, 0.25) is 5.02 Å². The number of oxazole rings is 1. The van der Waals surface area contributed by atoms with E-state index >= 15 is 0 Å². The molecule has 1 atom stereocenters. The predicted molar refractivity (Wildman–Crippen MR) is 81.0 cm³/mol. The van der Waals surface area contributed by atoms with Crippen LogP contribution in [-0.4, -0.2) is 15.0 Å². The fourth-order valence-electron chi connectivity index (χ4n) is 1.87. The van der Waals surface area contributed by atoms with Gasteiger partial charge in [0.1, 0.15) is 6.04 Å². The third-order valence-corrected chi connectivity index (χ3v) is 3.11. The van der Waals surface area contributed by atoms with Gasteiger partial charge in [-0.1, -0.05) is 41.9 Å². The number of benzene rings is 1. The lowest BCUT2D eigenvalue weighted by Crippen LogP contribution is -2.09. The average molecular weight is 301 g/mol. The monoisotopic (exact) mass is 300 g/mol. The number of nitrogens with one attached hydrogen (secondary N) is 1. The van der Waals surface area contributed by atoms with Crippen LogP contribution in [0, 0.1) is 0 Å². The first-order valence-corrected chi connectivity index (χ1v) is 6.85. The minimum atomic E-state index is -0.149. The summed E-state index contributed by atoms with van der Waals surface area (Å²) in [5, 5.41) is 3.61. The maximum Gasteiger partial charge on any atom is 0.223 e. The zero-order chi connectivity index (χ0) is 14.7. The molecule has 0 aliphatic rings. The van der Waals surface area contributed by atoms with Crippen molar-refractivity contribution in [2.75, 3.05) is 5.32 Å². The molecule has 21 heavy (non-hydrogen) atoms. The molecule has 0 unspecified atom stereocenters. The van der Waals surface area contributed by atoms with Gasteiger partial charge in [-0.15, -0.1) is 0 Å². The maximum absolute atomic E-state index is 5.77. The van der Waals surface area contributed by atoms with Crippen molar-refractivity contribution in [1.82, 2.24) is 15.0 Å². The van der Waals surface area contributed by atoms with E-state index in [4.69, 9.17) is 16.0 Å². The second kappa shape index (κ2) is 5.93. The van der Waals surface area contributed by atoms with E-state index in [9.17, 15) is 0 Å². The molecular weight excluding hydrogens is 288 g/mol. The van der Waals surface area contributed by atoms with Gasteiger partial charge in [0.05, 0.1) is 23.6 Å². The van der Waals surface area contributed by atoms with Crippen LogP contribution in [0.25, 0.3) is 11.3 Å². The van der Waals surface area contributed by atoms with Crippen molar-refractivity contribution < 1.29 is 4.42 Å². The molecule has 0 radical (unpaired) electrons. The first-order valence-electron chi connectivity index (χ1n) is 6.47. The maximum atomic E-state index is 5.77. The molecule has 1 N–H and O–H groups in total. The first-order chi connectivity index (χ1) is 10.2. The van der Waals surface area contributed by atoms with Crippen molar-refractivity contribution in [3.8, 4) is 11.3 Å². The topological polar surface area (TPSA) is 63.8 Å². The van der Waals surface area contributed by atoms with E-state index in [1.54, 1.807) is 6.20 Å². The van der Waals surface area contributed by atoms with Gasteiger partial charge in [0.25, 0.3) is 0 Å². The van der Waals surface area contributed by atoms with E-state index in [1.807, 2.05) is 37.3 Å². The molecule has 0 spiro atoms. The summed E-state index contributed by atoms with van der Waals surface area (Å²) in [6.45, 7) is 1.93. The van der Waals surface area contributed by atoms with Gasteiger partial charge in [0, 0.05) is 5.56 Å². The number of hydrogen-bond donors (Lipinski definition) is 1. The highest BCUT2D eigenvalue weighted by Crippen LogP contribution is 2.24. The summed E-state index contributed by atoms with van der Waals surface area (Å²) in [7, 11) is 0. The Morgan fingerprint density at radius 1 is 1.05 bits per heavy atom. The van der Waals surface area contributed by atoms with Gasteiger partial charge in [-0.2, -0.15) is 0 Å². The molecule has 3 aromatic rings. The van der Waals surface area contributed by atoms with Crippen LogP contribution in [0.3, 0.4) is 0 Å². The number of rotatable bonds is 4. The summed E-state index contributed by atoms with van der Waals surface area (Å²) in [6.07, 6.45) is 4.79. The van der Waals surface area contributed by atoms with Gasteiger partial charge in [-0.3, -0.25) is 0 Å². The van der Waals surface area contributed by atoms with E-state index < -0.39 is 0 Å². The molecule has 0 aliphatic carbocycles. The number of nitrogens with zero attached hydrogens (tertiary/aromatic N) is 3. The summed E-state index contributed by atoms with van der Waals surface area (Å²) in [5.74, 6) is 1.79. The van der Waals surface area contributed by atoms with E-state index in [2.05, 4.69) is 20.3 Å². The SMILES string of the molecule is C[C@@H](Nc1ncc(Cl)cn1)c1ncc(-c2ccccc2)o1. The molecular formula is C15H13ClN4O. The van der Waals surface area contributed by atoms with Crippen molar-refractivity contribution in [3.63, 3.8) is 0 Å². The Morgan fingerprint density at radius 3 is 2.48 bits per heavy atom. The Balaban J connectivity index is 1.75. The highest BCUT2D eigenvalue weighted by molar-refractivity contribution is 6.30. The van der Waals surface area contributed by atoms with E-state index in [1.165, 1.54) is 12.4 Å². The highest BCUT2D eigenvalue weighted by atomic mass is 35.5. The summed E-state index contributed by atoms with van der Waals surface area (Å²) in [6, 6.07) is 9.68. The van der Waals surface area contributed by atoms with Crippen LogP contribution in [0.5, 0.6) is 0 Å². The normalized spacial score (nSPS) is 12.1. The molecule has 106 valence electrons. The molecule has 2 aromatic heterocycles. The number of halogens is 1. The quantitative estimate of drug-likeness (QED) is 0.790. The molecule has 1 aromatic carbocycles. The largest absolute Gasteiger partial charge is 0.438 e. The molecule has 0 bridgehead atoms. The second-order valence-corrected chi connectivity index (χ2v) is 4.96. The fourth-order valence-corrected chi connectivity index (χ4v) is 1.96. The molecule has 0 saturated heterocycles. The Morgan fingerprint density at radius 2 is 1.76 bits per heavy atom. The molecule has 2 heterocycles. The second-order valence-electron chi connectivity index (χ2n) is 4.52. The van der Waals surface area contributed by atoms with Crippen LogP contribution >= 0.6 is 11.6 Å². The van der Waals surface area contributed by atoms with Crippen molar-refractivity contribution in [2.45, 2.75) is 13.0 Å². The van der Waals surface area contributed by atoms with Crippen LogP contribution in [0.15, 0.2) is 53.3 Å². The minimum absolute atomic E-state index is 0.149. The summed E-state index contributed by atoms with van der Waals surface area (Å²) >= 11 is 5.75. The lowest BCUT2D eigenvalue weighted by molar-refractivity contribution is 0.484. The van der Waals surface area contributed by atoms with Gasteiger partial charge in [0.15, 0.2) is 5.76 Å². The van der Waals surface area contributed by atoms with Crippen molar-refractivity contribution >= 4 is 17.5 Å². The molecule has 6 heteroatoms. The molecule has 0 fully saturated rings. The Hall–Kier alpha value is -2.40. The van der Waals surface area contributed by atoms with E-state index in [0.29, 0.717) is 16.9 Å². The smallest absolute Gasteiger partial charge is 0.223 e. The standard InChI is InChI=1S/C15H13ClN4O/c1-10(20-15-18-7-12(16)8-19-15)14-17-9-13(21-14)11-5-3-2-4-6-11/h2-10H,1H3,(H,18,19,20)/t10-/m1/s1. The van der Waals surface area contributed by atoms with Crippen LogP contribution in [-0.2, 0) is 0 Å². The van der Waals surface area contributed by atoms with Crippen molar-refractivity contribution in [2.24, 2.45) is 0 Å². The average Bonchev–Trinajstić information content (AvgIpc) is 3.00. The zero-order valence-corrected chi connectivity index (χ0v) is 12.1. The first kappa shape index (κ1) is 13.6. The van der Waals surface area contributed by atoms with Gasteiger partial charge >= 0.3 is 0 Å². The molecule has 0 aliphatic heterocycles. The van der Waals surface area contributed by atoms with Crippen LogP contribution < -0.4 is 5.32 Å². The molecule has 0 saturated carbocycles. The number of aromatic nitrogens is 3. The molecule has 3 rings (SSSR count). The summed E-state index contributed by atoms with van der Waals surface area (Å²) < 4.78 is 5.77. The number of hydrogen-bond acceptors (Lipinski definition) is 5. The minimum Gasteiger partial charge on any atom is -0.438 e.